The van der Waals surface area contributed by atoms with Gasteiger partial charge >= 0.3 is 0 Å². The monoisotopic (exact) mass is 380 g/mol. The van der Waals surface area contributed by atoms with Gasteiger partial charge in [0.15, 0.2) is 0 Å². The van der Waals surface area contributed by atoms with Gasteiger partial charge in [-0.25, -0.2) is 0 Å². The lowest BCUT2D eigenvalue weighted by Crippen LogP contribution is -2.33. The molecule has 0 saturated carbocycles. The van der Waals surface area contributed by atoms with Gasteiger partial charge in [0.2, 0.25) is 0 Å². The summed E-state index contributed by atoms with van der Waals surface area (Å²) in [4.78, 5) is 4.82. The molecule has 0 heterocycles. The molecule has 0 radical (unpaired) electrons. The SMILES string of the molecule is C=C(C(C)C)N(C)CC(C)C(C)(C)CCCCCCCCCN(C)C(C)C. The first-order valence-corrected chi connectivity index (χ1v) is 11.6. The number of rotatable bonds is 16. The van der Waals surface area contributed by atoms with Crippen LogP contribution in [0.2, 0.25) is 0 Å². The highest BCUT2D eigenvalue weighted by molar-refractivity contribution is 4.96. The molecule has 162 valence electrons. The quantitative estimate of drug-likeness (QED) is 0.261. The highest BCUT2D eigenvalue weighted by Crippen LogP contribution is 2.34. The molecule has 1 atom stereocenters. The minimum Gasteiger partial charge on any atom is -0.378 e. The topological polar surface area (TPSA) is 6.48 Å². The average molecular weight is 381 g/mol. The third kappa shape index (κ3) is 11.8. The number of hydrogen-bond donors (Lipinski definition) is 0. The summed E-state index contributed by atoms with van der Waals surface area (Å²) < 4.78 is 0. The van der Waals surface area contributed by atoms with Crippen molar-refractivity contribution in [2.45, 2.75) is 106 Å². The van der Waals surface area contributed by atoms with Crippen LogP contribution in [-0.2, 0) is 0 Å². The Hall–Kier alpha value is -0.500. The second kappa shape index (κ2) is 13.6. The van der Waals surface area contributed by atoms with Crippen molar-refractivity contribution in [2.75, 3.05) is 27.2 Å². The van der Waals surface area contributed by atoms with Gasteiger partial charge in [-0.1, -0.05) is 79.7 Å². The van der Waals surface area contributed by atoms with Crippen molar-refractivity contribution < 1.29 is 0 Å². The molecule has 1 unspecified atom stereocenters. The Morgan fingerprint density at radius 1 is 0.815 bits per heavy atom. The van der Waals surface area contributed by atoms with Gasteiger partial charge in [-0.3, -0.25) is 0 Å². The molecule has 0 saturated heterocycles. The molecule has 2 nitrogen and oxygen atoms in total. The van der Waals surface area contributed by atoms with E-state index in [1.807, 2.05) is 0 Å². The summed E-state index contributed by atoms with van der Waals surface area (Å²) >= 11 is 0. The summed E-state index contributed by atoms with van der Waals surface area (Å²) in [6, 6.07) is 0.680. The summed E-state index contributed by atoms with van der Waals surface area (Å²) in [6.07, 6.45) is 11.1. The van der Waals surface area contributed by atoms with Crippen molar-refractivity contribution in [1.29, 1.82) is 0 Å². The van der Waals surface area contributed by atoms with Gasteiger partial charge in [-0.2, -0.15) is 0 Å². The predicted molar refractivity (Wildman–Crippen MR) is 124 cm³/mol. The van der Waals surface area contributed by atoms with Crippen LogP contribution >= 0.6 is 0 Å². The summed E-state index contributed by atoms with van der Waals surface area (Å²) in [6.45, 7) is 23.0. The Kier molecular flexibility index (Phi) is 13.4. The zero-order valence-electron chi connectivity index (χ0n) is 20.4. The molecule has 0 rings (SSSR count). The lowest BCUT2D eigenvalue weighted by Gasteiger charge is -2.36. The van der Waals surface area contributed by atoms with E-state index in [0.29, 0.717) is 23.3 Å². The standard InChI is InChI=1S/C25H52N2/c1-21(2)24(6)27(10)20-23(5)25(7,8)18-16-14-12-11-13-15-17-19-26(9)22(3)4/h21-23H,6,11-20H2,1-5,7-10H3. The molecule has 0 fully saturated rings. The maximum absolute atomic E-state index is 4.25. The molecule has 0 aliphatic heterocycles. The Balaban J connectivity index is 3.84. The second-order valence-corrected chi connectivity index (χ2v) is 10.2. The molecule has 0 amide bonds. The molecule has 0 bridgehead atoms. The first kappa shape index (κ1) is 26.5. The van der Waals surface area contributed by atoms with Gasteiger partial charge in [0.1, 0.15) is 0 Å². The summed E-state index contributed by atoms with van der Waals surface area (Å²) in [5.41, 5.74) is 1.67. The number of hydrogen-bond acceptors (Lipinski definition) is 2. The van der Waals surface area contributed by atoms with E-state index in [1.54, 1.807) is 0 Å². The third-order valence-corrected chi connectivity index (χ3v) is 6.75. The van der Waals surface area contributed by atoms with Crippen LogP contribution in [0.5, 0.6) is 0 Å². The molecule has 0 aromatic heterocycles. The second-order valence-electron chi connectivity index (χ2n) is 10.2. The van der Waals surface area contributed by atoms with Crippen molar-refractivity contribution in [3.05, 3.63) is 12.3 Å². The smallest absolute Gasteiger partial charge is 0.0202 e. The Morgan fingerprint density at radius 3 is 1.78 bits per heavy atom. The van der Waals surface area contributed by atoms with E-state index in [0.717, 1.165) is 6.54 Å². The van der Waals surface area contributed by atoms with E-state index >= 15 is 0 Å². The van der Waals surface area contributed by atoms with E-state index in [9.17, 15) is 0 Å². The van der Waals surface area contributed by atoms with Crippen molar-refractivity contribution >= 4 is 0 Å². The Labute approximate surface area is 172 Å². The molecular weight excluding hydrogens is 328 g/mol. The maximum Gasteiger partial charge on any atom is 0.0202 e. The maximum atomic E-state index is 4.25. The van der Waals surface area contributed by atoms with Crippen LogP contribution in [-0.4, -0.2) is 43.0 Å². The van der Waals surface area contributed by atoms with E-state index in [4.69, 9.17) is 0 Å². The van der Waals surface area contributed by atoms with Crippen LogP contribution in [0.4, 0.5) is 0 Å². The highest BCUT2D eigenvalue weighted by Gasteiger charge is 2.26. The van der Waals surface area contributed by atoms with Gasteiger partial charge in [0.05, 0.1) is 0 Å². The van der Waals surface area contributed by atoms with Crippen molar-refractivity contribution in [1.82, 2.24) is 9.80 Å². The van der Waals surface area contributed by atoms with Crippen molar-refractivity contribution in [3.63, 3.8) is 0 Å². The Bertz CT molecular complexity index is 384. The van der Waals surface area contributed by atoms with Crippen molar-refractivity contribution in [3.8, 4) is 0 Å². The average Bonchev–Trinajstić information content (AvgIpc) is 2.58. The molecule has 0 aliphatic carbocycles. The summed E-state index contributed by atoms with van der Waals surface area (Å²) in [5, 5.41) is 0. The van der Waals surface area contributed by atoms with Crippen molar-refractivity contribution in [2.24, 2.45) is 17.3 Å². The molecule has 0 aromatic carbocycles. The number of nitrogens with zero attached hydrogens (tertiary/aromatic N) is 2. The lowest BCUT2D eigenvalue weighted by molar-refractivity contribution is 0.162. The minimum absolute atomic E-state index is 0.410. The van der Waals surface area contributed by atoms with E-state index in [-0.39, 0.29) is 0 Å². The van der Waals surface area contributed by atoms with E-state index in [1.165, 1.54) is 63.6 Å². The first-order valence-electron chi connectivity index (χ1n) is 11.6. The molecular formula is C25H52N2. The fourth-order valence-corrected chi connectivity index (χ4v) is 3.55. The molecule has 0 aromatic rings. The van der Waals surface area contributed by atoms with E-state index in [2.05, 4.69) is 78.9 Å². The molecule has 0 aliphatic rings. The largest absolute Gasteiger partial charge is 0.378 e. The third-order valence-electron chi connectivity index (χ3n) is 6.75. The van der Waals surface area contributed by atoms with Crippen LogP contribution in [0.25, 0.3) is 0 Å². The van der Waals surface area contributed by atoms with Crippen LogP contribution in [0.3, 0.4) is 0 Å². The van der Waals surface area contributed by atoms with Crippen LogP contribution in [0.1, 0.15) is 99.8 Å². The van der Waals surface area contributed by atoms with Gasteiger partial charge in [-0.15, -0.1) is 0 Å². The van der Waals surface area contributed by atoms with E-state index < -0.39 is 0 Å². The predicted octanol–water partition coefficient (Wildman–Crippen LogP) is 7.21. The van der Waals surface area contributed by atoms with Crippen LogP contribution < -0.4 is 0 Å². The fraction of sp³-hybridized carbons (Fsp3) is 0.920. The van der Waals surface area contributed by atoms with Gasteiger partial charge in [-0.05, 0) is 57.5 Å². The van der Waals surface area contributed by atoms with Crippen LogP contribution in [0.15, 0.2) is 12.3 Å². The minimum atomic E-state index is 0.410. The summed E-state index contributed by atoms with van der Waals surface area (Å²) in [5.74, 6) is 1.23. The molecule has 27 heavy (non-hydrogen) atoms. The number of unbranched alkanes of at least 4 members (excludes halogenated alkanes) is 6. The number of allylic oxidation sites excluding steroid dienone is 1. The first-order chi connectivity index (χ1) is 12.5. The van der Waals surface area contributed by atoms with Gasteiger partial charge in [0.25, 0.3) is 0 Å². The molecule has 2 heteroatoms. The Morgan fingerprint density at radius 2 is 1.30 bits per heavy atom. The summed E-state index contributed by atoms with van der Waals surface area (Å²) in [7, 11) is 4.44. The zero-order valence-corrected chi connectivity index (χ0v) is 20.4. The zero-order chi connectivity index (χ0) is 21.0. The normalized spacial score (nSPS) is 13.6. The van der Waals surface area contributed by atoms with Crippen LogP contribution in [0, 0.1) is 17.3 Å². The van der Waals surface area contributed by atoms with Gasteiger partial charge < -0.3 is 9.80 Å². The molecule has 0 N–H and O–H groups in total. The van der Waals surface area contributed by atoms with Gasteiger partial charge in [0, 0.05) is 25.3 Å². The fourth-order valence-electron chi connectivity index (χ4n) is 3.55. The lowest BCUT2D eigenvalue weighted by atomic mass is 9.75. The molecule has 0 spiro atoms. The highest BCUT2D eigenvalue weighted by atomic mass is 15.1.